The van der Waals surface area contributed by atoms with Crippen molar-refractivity contribution in [2.45, 2.75) is 84.3 Å². The van der Waals surface area contributed by atoms with Crippen molar-refractivity contribution in [3.05, 3.63) is 42.1 Å². The maximum Gasteiger partial charge on any atom is 0.416 e. The molecule has 0 saturated carbocycles. The maximum atomic E-state index is 12.9. The average molecular weight is 604 g/mol. The fourth-order valence-electron chi connectivity index (χ4n) is 3.58. The Morgan fingerprint density at radius 2 is 1.61 bits per heavy atom. The highest BCUT2D eigenvalue weighted by Gasteiger charge is 2.28. The van der Waals surface area contributed by atoms with Gasteiger partial charge in [-0.3, -0.25) is 4.90 Å². The summed E-state index contributed by atoms with van der Waals surface area (Å²) in [7, 11) is -3.79. The number of sulfone groups is 1. The van der Waals surface area contributed by atoms with Crippen molar-refractivity contribution < 1.29 is 27.5 Å². The number of alkyl carbamates (subject to hydrolysis) is 1. The molecule has 3 aromatic rings. The number of carbonyl (C=O) groups excluding carboxylic acids is 2. The molecule has 0 fully saturated rings. The van der Waals surface area contributed by atoms with Crippen molar-refractivity contribution in [2.75, 3.05) is 11.2 Å². The second-order valence-electron chi connectivity index (χ2n) is 11.7. The van der Waals surface area contributed by atoms with Crippen LogP contribution in [0, 0.1) is 0 Å². The second-order valence-corrected chi connectivity index (χ2v) is 14.6. The van der Waals surface area contributed by atoms with E-state index >= 15 is 0 Å². The molecular weight excluding hydrogens is 566 g/mol. The summed E-state index contributed by atoms with van der Waals surface area (Å²) in [6.45, 7) is 14.5. The fraction of sp³-hybridized carbons (Fsp3) is 0.464. The summed E-state index contributed by atoms with van der Waals surface area (Å²) < 4.78 is 36.0. The number of hydrogen-bond acceptors (Lipinski definition) is 10. The summed E-state index contributed by atoms with van der Waals surface area (Å²) in [5.74, 6) is 0. The van der Waals surface area contributed by atoms with Gasteiger partial charge in [0.1, 0.15) is 11.2 Å². The first kappa shape index (κ1) is 31.9. The number of rotatable bonds is 7. The van der Waals surface area contributed by atoms with E-state index in [1.165, 1.54) is 22.4 Å². The van der Waals surface area contributed by atoms with Gasteiger partial charge >= 0.3 is 12.2 Å². The molecule has 0 saturated heterocycles. The Hall–Kier alpha value is -3.58. The van der Waals surface area contributed by atoms with Gasteiger partial charge in [0, 0.05) is 30.6 Å². The third kappa shape index (κ3) is 8.95. The number of hydrogen-bond donors (Lipinski definition) is 1. The molecule has 2 heterocycles. The molecule has 11 nitrogen and oxygen atoms in total. The van der Waals surface area contributed by atoms with E-state index in [4.69, 9.17) is 9.47 Å². The number of thiazole rings is 1. The Morgan fingerprint density at radius 1 is 1.00 bits per heavy atom. The summed E-state index contributed by atoms with van der Waals surface area (Å²) in [6.07, 6.45) is 1.45. The van der Waals surface area contributed by atoms with Gasteiger partial charge < -0.3 is 14.8 Å². The van der Waals surface area contributed by atoms with Crippen molar-refractivity contribution in [1.82, 2.24) is 20.3 Å². The van der Waals surface area contributed by atoms with Crippen LogP contribution in [0.15, 0.2) is 41.7 Å². The number of anilines is 1. The van der Waals surface area contributed by atoms with Crippen LogP contribution in [-0.4, -0.2) is 59.1 Å². The molecule has 13 heteroatoms. The van der Waals surface area contributed by atoms with Crippen LogP contribution in [0.3, 0.4) is 0 Å². The molecule has 41 heavy (non-hydrogen) atoms. The van der Waals surface area contributed by atoms with Gasteiger partial charge in [-0.1, -0.05) is 35.6 Å². The van der Waals surface area contributed by atoms with E-state index in [-0.39, 0.29) is 17.7 Å². The topological polar surface area (TPSA) is 141 Å². The number of nitrogens with one attached hydrogen (secondary N) is 1. The SMILES string of the molecule is CC(C)N(C(=O)OC(C)(C)C)c1ncc(-c2cc(-c3ccccc3CNC(=O)OC(C)(C)C)nc(S(C)(=O)=O)n2)s1. The number of benzene rings is 1. The smallest absolute Gasteiger partial charge is 0.416 e. The normalized spacial score (nSPS) is 12.2. The lowest BCUT2D eigenvalue weighted by atomic mass is 10.0. The zero-order chi connectivity index (χ0) is 30.8. The molecule has 1 N–H and O–H groups in total. The van der Waals surface area contributed by atoms with Crippen LogP contribution in [0.25, 0.3) is 21.8 Å². The van der Waals surface area contributed by atoms with E-state index in [2.05, 4.69) is 20.3 Å². The number of carbonyl (C=O) groups is 2. The first-order valence-corrected chi connectivity index (χ1v) is 15.7. The van der Waals surface area contributed by atoms with Gasteiger partial charge in [-0.15, -0.1) is 0 Å². The van der Waals surface area contributed by atoms with E-state index in [1.54, 1.807) is 65.8 Å². The molecule has 2 aromatic heterocycles. The minimum atomic E-state index is -3.79. The van der Waals surface area contributed by atoms with Crippen LogP contribution in [-0.2, 0) is 25.9 Å². The summed E-state index contributed by atoms with van der Waals surface area (Å²) in [5.41, 5.74) is 0.629. The predicted octanol–water partition coefficient (Wildman–Crippen LogP) is 5.85. The van der Waals surface area contributed by atoms with Crippen LogP contribution in [0.1, 0.15) is 61.0 Å². The lowest BCUT2D eigenvalue weighted by Crippen LogP contribution is -2.41. The molecule has 3 rings (SSSR count). The molecule has 0 aliphatic heterocycles. The van der Waals surface area contributed by atoms with Gasteiger partial charge in [-0.2, -0.15) is 0 Å². The van der Waals surface area contributed by atoms with E-state index in [0.717, 1.165) is 6.26 Å². The molecule has 0 spiro atoms. The van der Waals surface area contributed by atoms with Crippen molar-refractivity contribution >= 4 is 38.5 Å². The predicted molar refractivity (Wildman–Crippen MR) is 159 cm³/mol. The fourth-order valence-corrected chi connectivity index (χ4v) is 5.11. The largest absolute Gasteiger partial charge is 0.444 e. The van der Waals surface area contributed by atoms with Gasteiger partial charge in [-0.05, 0) is 67.0 Å². The Morgan fingerprint density at radius 3 is 2.20 bits per heavy atom. The monoisotopic (exact) mass is 603 g/mol. The number of nitrogens with zero attached hydrogens (tertiary/aromatic N) is 4. The van der Waals surface area contributed by atoms with Crippen molar-refractivity contribution in [3.8, 4) is 21.8 Å². The lowest BCUT2D eigenvalue weighted by Gasteiger charge is -2.28. The zero-order valence-electron chi connectivity index (χ0n) is 24.8. The quantitative estimate of drug-likeness (QED) is 0.329. The average Bonchev–Trinajstić information content (AvgIpc) is 3.29. The van der Waals surface area contributed by atoms with Crippen LogP contribution < -0.4 is 10.2 Å². The summed E-state index contributed by atoms with van der Waals surface area (Å²) >= 11 is 1.18. The Kier molecular flexibility index (Phi) is 9.44. The van der Waals surface area contributed by atoms with Gasteiger partial charge in [0.15, 0.2) is 5.13 Å². The first-order chi connectivity index (χ1) is 18.8. The van der Waals surface area contributed by atoms with Crippen LogP contribution in [0.2, 0.25) is 0 Å². The van der Waals surface area contributed by atoms with Crippen LogP contribution in [0.4, 0.5) is 14.7 Å². The van der Waals surface area contributed by atoms with Gasteiger partial charge in [0.05, 0.1) is 16.3 Å². The van der Waals surface area contributed by atoms with E-state index < -0.39 is 33.2 Å². The number of ether oxygens (including phenoxy) is 2. The molecule has 0 unspecified atom stereocenters. The Bertz CT molecular complexity index is 1520. The Balaban J connectivity index is 2.04. The molecule has 0 radical (unpaired) electrons. The summed E-state index contributed by atoms with van der Waals surface area (Å²) in [4.78, 5) is 40.2. The van der Waals surface area contributed by atoms with Crippen molar-refractivity contribution in [2.24, 2.45) is 0 Å². The van der Waals surface area contributed by atoms with Crippen LogP contribution >= 0.6 is 11.3 Å². The second kappa shape index (κ2) is 12.1. The highest BCUT2D eigenvalue weighted by molar-refractivity contribution is 7.90. The molecule has 222 valence electrons. The minimum absolute atomic E-state index is 0.128. The standard InChI is InChI=1S/C28H37N5O6S2/c1-17(2)33(26(35)39-28(6,7)8)24-29-16-22(40-24)21-14-20(31-23(32-21)41(9,36)37)19-13-11-10-12-18(19)15-30-25(34)38-27(3,4)5/h10-14,16-17H,15H2,1-9H3,(H,30,34). The van der Waals surface area contributed by atoms with Crippen molar-refractivity contribution in [1.29, 1.82) is 0 Å². The summed E-state index contributed by atoms with van der Waals surface area (Å²) in [6, 6.07) is 8.60. The van der Waals surface area contributed by atoms with E-state index in [1.807, 2.05) is 19.9 Å². The molecule has 2 amide bonds. The Labute approximate surface area is 245 Å². The number of amides is 2. The van der Waals surface area contributed by atoms with Crippen LogP contribution in [0.5, 0.6) is 0 Å². The van der Waals surface area contributed by atoms with E-state index in [0.29, 0.717) is 32.5 Å². The lowest BCUT2D eigenvalue weighted by molar-refractivity contribution is 0.0521. The third-order valence-corrected chi connectivity index (χ3v) is 7.08. The molecule has 0 aliphatic carbocycles. The molecule has 1 aromatic carbocycles. The minimum Gasteiger partial charge on any atom is -0.444 e. The van der Waals surface area contributed by atoms with Crippen molar-refractivity contribution in [3.63, 3.8) is 0 Å². The van der Waals surface area contributed by atoms with Gasteiger partial charge in [-0.25, -0.2) is 33.0 Å². The summed E-state index contributed by atoms with van der Waals surface area (Å²) in [5, 5.41) is 2.75. The molecular formula is C28H37N5O6S2. The maximum absolute atomic E-state index is 12.9. The molecule has 0 aliphatic rings. The molecule has 0 bridgehead atoms. The van der Waals surface area contributed by atoms with E-state index in [9.17, 15) is 18.0 Å². The zero-order valence-corrected chi connectivity index (χ0v) is 26.4. The molecule has 0 atom stereocenters. The highest BCUT2D eigenvalue weighted by atomic mass is 32.2. The van der Waals surface area contributed by atoms with Gasteiger partial charge in [0.2, 0.25) is 15.0 Å². The first-order valence-electron chi connectivity index (χ1n) is 13.0. The third-order valence-electron chi connectivity index (χ3n) is 5.21. The highest BCUT2D eigenvalue weighted by Crippen LogP contribution is 2.34. The number of aromatic nitrogens is 3. The van der Waals surface area contributed by atoms with Gasteiger partial charge in [0.25, 0.3) is 0 Å².